The lowest BCUT2D eigenvalue weighted by molar-refractivity contribution is 0.276. The van der Waals surface area contributed by atoms with Crippen LogP contribution in [0, 0.1) is 13.8 Å². The molecular formula is C14H23N5. The maximum atomic E-state index is 6.08. The molecule has 0 amide bonds. The molecule has 1 aromatic rings. The van der Waals surface area contributed by atoms with E-state index in [4.69, 9.17) is 5.73 Å². The predicted molar refractivity (Wildman–Crippen MR) is 77.4 cm³/mol. The topological polar surface area (TPSA) is 67.4 Å². The van der Waals surface area contributed by atoms with Crippen LogP contribution in [0.25, 0.3) is 0 Å². The molecule has 2 N–H and O–H groups in total. The van der Waals surface area contributed by atoms with Crippen LogP contribution < -0.4 is 5.73 Å². The second-order valence-corrected chi connectivity index (χ2v) is 5.32. The minimum atomic E-state index is 0.456. The molecule has 0 spiro atoms. The molecule has 1 saturated carbocycles. The largest absolute Gasteiger partial charge is 0.369 e. The van der Waals surface area contributed by atoms with Gasteiger partial charge in [0.2, 0.25) is 0 Å². The van der Waals surface area contributed by atoms with E-state index in [-0.39, 0.29) is 0 Å². The van der Waals surface area contributed by atoms with Crippen LogP contribution in [0.2, 0.25) is 0 Å². The molecule has 1 aliphatic carbocycles. The fourth-order valence-corrected chi connectivity index (χ4v) is 2.59. The molecule has 0 radical (unpaired) electrons. The van der Waals surface area contributed by atoms with Crippen molar-refractivity contribution in [3.63, 3.8) is 0 Å². The summed E-state index contributed by atoms with van der Waals surface area (Å²) in [5.74, 6) is 0.967. The van der Waals surface area contributed by atoms with Gasteiger partial charge >= 0.3 is 0 Å². The van der Waals surface area contributed by atoms with Crippen molar-refractivity contribution in [3.8, 4) is 0 Å². The summed E-state index contributed by atoms with van der Waals surface area (Å²) in [4.78, 5) is 15.0. The number of rotatable bonds is 2. The highest BCUT2D eigenvalue weighted by Gasteiger charge is 2.19. The number of guanidine groups is 1. The minimum absolute atomic E-state index is 0.456. The molecule has 0 aliphatic heterocycles. The first-order valence-electron chi connectivity index (χ1n) is 6.95. The third-order valence-electron chi connectivity index (χ3n) is 3.67. The fraction of sp³-hybridized carbons (Fsp3) is 0.643. The number of nitrogens with two attached hydrogens (primary N) is 1. The Balaban J connectivity index is 2.12. The Hall–Kier alpha value is -1.65. The number of hydrogen-bond donors (Lipinski definition) is 1. The van der Waals surface area contributed by atoms with Crippen molar-refractivity contribution in [2.45, 2.75) is 52.0 Å². The van der Waals surface area contributed by atoms with E-state index < -0.39 is 0 Å². The van der Waals surface area contributed by atoms with Gasteiger partial charge in [0, 0.05) is 24.5 Å². The molecule has 19 heavy (non-hydrogen) atoms. The Morgan fingerprint density at radius 2 is 1.79 bits per heavy atom. The summed E-state index contributed by atoms with van der Waals surface area (Å²) in [5, 5.41) is 0. The summed E-state index contributed by atoms with van der Waals surface area (Å²) in [5.41, 5.74) is 7.91. The number of hydrogen-bond acceptors (Lipinski definition) is 3. The number of aryl methyl sites for hydroxylation is 2. The van der Waals surface area contributed by atoms with E-state index in [0.29, 0.717) is 17.9 Å². The van der Waals surface area contributed by atoms with E-state index in [9.17, 15) is 0 Å². The highest BCUT2D eigenvalue weighted by molar-refractivity contribution is 5.80. The van der Waals surface area contributed by atoms with Gasteiger partial charge in [0.05, 0.1) is 0 Å². The van der Waals surface area contributed by atoms with E-state index in [1.54, 1.807) is 0 Å². The second-order valence-electron chi connectivity index (χ2n) is 5.32. The van der Waals surface area contributed by atoms with Crippen LogP contribution in [-0.4, -0.2) is 33.9 Å². The maximum absolute atomic E-state index is 6.08. The summed E-state index contributed by atoms with van der Waals surface area (Å²) >= 11 is 0. The zero-order valence-corrected chi connectivity index (χ0v) is 12.1. The molecule has 5 nitrogen and oxygen atoms in total. The van der Waals surface area contributed by atoms with Gasteiger partial charge in [-0.15, -0.1) is 0 Å². The van der Waals surface area contributed by atoms with E-state index in [0.717, 1.165) is 11.4 Å². The van der Waals surface area contributed by atoms with Crippen LogP contribution in [0.5, 0.6) is 0 Å². The van der Waals surface area contributed by atoms with Crippen LogP contribution in [0.1, 0.15) is 43.5 Å². The van der Waals surface area contributed by atoms with E-state index in [2.05, 4.69) is 19.9 Å². The standard InChI is InChI=1S/C14H23N5/c1-10-9-11(2)17-14(16-10)18-13(15)19(3)12-7-5-4-6-8-12/h9,12H,4-8H2,1-3H3,(H2,15,16,17,18). The lowest BCUT2D eigenvalue weighted by Gasteiger charge is -2.31. The second kappa shape index (κ2) is 5.99. The number of aromatic nitrogens is 2. The molecule has 1 fully saturated rings. The molecule has 1 heterocycles. The molecule has 0 atom stereocenters. The SMILES string of the molecule is Cc1cc(C)nc(N=C(N)N(C)C2CCCCC2)n1. The lowest BCUT2D eigenvalue weighted by Crippen LogP contribution is -2.42. The highest BCUT2D eigenvalue weighted by atomic mass is 15.3. The van der Waals surface area contributed by atoms with Crippen LogP contribution >= 0.6 is 0 Å². The van der Waals surface area contributed by atoms with Crippen molar-refractivity contribution in [1.29, 1.82) is 0 Å². The summed E-state index contributed by atoms with van der Waals surface area (Å²) in [7, 11) is 2.01. The average molecular weight is 261 g/mol. The number of nitrogens with zero attached hydrogens (tertiary/aromatic N) is 4. The fourth-order valence-electron chi connectivity index (χ4n) is 2.59. The monoisotopic (exact) mass is 261 g/mol. The van der Waals surface area contributed by atoms with Gasteiger partial charge in [-0.05, 0) is 32.8 Å². The first kappa shape index (κ1) is 13.8. The molecule has 1 aliphatic rings. The van der Waals surface area contributed by atoms with Gasteiger partial charge in [0.25, 0.3) is 5.95 Å². The van der Waals surface area contributed by atoms with Gasteiger partial charge in [-0.1, -0.05) is 19.3 Å². The molecule has 1 aromatic heterocycles. The van der Waals surface area contributed by atoms with Crippen molar-refractivity contribution in [2.75, 3.05) is 7.05 Å². The van der Waals surface area contributed by atoms with Crippen molar-refractivity contribution >= 4 is 11.9 Å². The summed E-state index contributed by atoms with van der Waals surface area (Å²) in [6.07, 6.45) is 6.28. The Morgan fingerprint density at radius 3 is 2.37 bits per heavy atom. The van der Waals surface area contributed by atoms with Crippen LogP contribution in [0.15, 0.2) is 11.1 Å². The third kappa shape index (κ3) is 3.66. The smallest absolute Gasteiger partial charge is 0.253 e. The van der Waals surface area contributed by atoms with Crippen molar-refractivity contribution < 1.29 is 0 Å². The predicted octanol–water partition coefficient (Wildman–Crippen LogP) is 2.30. The summed E-state index contributed by atoms with van der Waals surface area (Å²) in [6, 6.07) is 2.43. The van der Waals surface area contributed by atoms with Gasteiger partial charge < -0.3 is 10.6 Å². The summed E-state index contributed by atoms with van der Waals surface area (Å²) < 4.78 is 0. The van der Waals surface area contributed by atoms with E-state index >= 15 is 0 Å². The first-order valence-corrected chi connectivity index (χ1v) is 6.95. The molecule has 0 aromatic carbocycles. The van der Waals surface area contributed by atoms with Crippen molar-refractivity contribution in [1.82, 2.24) is 14.9 Å². The maximum Gasteiger partial charge on any atom is 0.253 e. The molecule has 0 saturated heterocycles. The van der Waals surface area contributed by atoms with Crippen molar-refractivity contribution in [3.05, 3.63) is 17.5 Å². The Morgan fingerprint density at radius 1 is 1.21 bits per heavy atom. The summed E-state index contributed by atoms with van der Waals surface area (Å²) in [6.45, 7) is 3.88. The zero-order valence-electron chi connectivity index (χ0n) is 12.1. The van der Waals surface area contributed by atoms with Gasteiger partial charge in [-0.25, -0.2) is 9.97 Å². The zero-order chi connectivity index (χ0) is 13.8. The molecule has 104 valence electrons. The van der Waals surface area contributed by atoms with Crippen LogP contribution in [0.3, 0.4) is 0 Å². The normalized spacial score (nSPS) is 17.5. The average Bonchev–Trinajstić information content (AvgIpc) is 2.37. The van der Waals surface area contributed by atoms with Gasteiger partial charge in [0.15, 0.2) is 5.96 Å². The molecule has 2 rings (SSSR count). The molecule has 5 heteroatoms. The van der Waals surface area contributed by atoms with E-state index in [1.807, 2.05) is 27.0 Å². The molecule has 0 bridgehead atoms. The van der Waals surface area contributed by atoms with Gasteiger partial charge in [-0.2, -0.15) is 4.99 Å². The Labute approximate surface area is 115 Å². The lowest BCUT2D eigenvalue weighted by atomic mass is 9.95. The van der Waals surface area contributed by atoms with Crippen molar-refractivity contribution in [2.24, 2.45) is 10.7 Å². The van der Waals surface area contributed by atoms with Gasteiger partial charge in [0.1, 0.15) is 0 Å². The van der Waals surface area contributed by atoms with E-state index in [1.165, 1.54) is 32.1 Å². The molecule has 0 unspecified atom stereocenters. The number of aliphatic imine (C=N–C) groups is 1. The van der Waals surface area contributed by atoms with Crippen LogP contribution in [-0.2, 0) is 0 Å². The van der Waals surface area contributed by atoms with Gasteiger partial charge in [-0.3, -0.25) is 0 Å². The highest BCUT2D eigenvalue weighted by Crippen LogP contribution is 2.21. The quantitative estimate of drug-likeness (QED) is 0.655. The Kier molecular flexibility index (Phi) is 4.35. The Bertz CT molecular complexity index is 443. The first-order chi connectivity index (χ1) is 9.06. The molecular weight excluding hydrogens is 238 g/mol. The minimum Gasteiger partial charge on any atom is -0.369 e. The third-order valence-corrected chi connectivity index (χ3v) is 3.67. The van der Waals surface area contributed by atoms with Crippen LogP contribution in [0.4, 0.5) is 5.95 Å².